The summed E-state index contributed by atoms with van der Waals surface area (Å²) in [7, 11) is 0. The summed E-state index contributed by atoms with van der Waals surface area (Å²) in [6.45, 7) is 3.67. The largest absolute Gasteiger partial charge is 0.459 e. The maximum atomic E-state index is 12.0. The van der Waals surface area contributed by atoms with Crippen molar-refractivity contribution < 1.29 is 9.53 Å². The fourth-order valence-corrected chi connectivity index (χ4v) is 1.68. The summed E-state index contributed by atoms with van der Waals surface area (Å²) < 4.78 is 5.23. The predicted molar refractivity (Wildman–Crippen MR) is 70.2 cm³/mol. The zero-order chi connectivity index (χ0) is 13.0. The van der Waals surface area contributed by atoms with Gasteiger partial charge < -0.3 is 4.74 Å². The van der Waals surface area contributed by atoms with E-state index in [9.17, 15) is 4.79 Å². The normalized spacial score (nSPS) is 10.4. The smallest absolute Gasteiger partial charge is 0.339 e. The summed E-state index contributed by atoms with van der Waals surface area (Å²) in [6.07, 6.45) is 1.58. The Hall–Kier alpha value is -2.16. The number of benzene rings is 1. The molecule has 0 aliphatic rings. The molecule has 0 aliphatic heterocycles. The van der Waals surface area contributed by atoms with Gasteiger partial charge in [-0.05, 0) is 32.0 Å². The summed E-state index contributed by atoms with van der Waals surface area (Å²) in [5, 5.41) is 0. The molecule has 2 aromatic rings. The van der Waals surface area contributed by atoms with Gasteiger partial charge in [0.1, 0.15) is 0 Å². The number of hydrogen-bond donors (Lipinski definition) is 0. The van der Waals surface area contributed by atoms with Crippen LogP contribution in [0, 0.1) is 0 Å². The number of carbonyl (C=O) groups is 1. The van der Waals surface area contributed by atoms with E-state index in [1.54, 1.807) is 12.3 Å². The number of carbonyl (C=O) groups excluding carboxylic acids is 1. The Kier molecular flexibility index (Phi) is 3.72. The lowest BCUT2D eigenvalue weighted by molar-refractivity contribution is 0.0379. The highest BCUT2D eigenvalue weighted by Crippen LogP contribution is 2.22. The maximum absolute atomic E-state index is 12.0. The number of esters is 1. The highest BCUT2D eigenvalue weighted by Gasteiger charge is 2.15. The first-order valence-electron chi connectivity index (χ1n) is 5.90. The monoisotopic (exact) mass is 241 g/mol. The molecule has 18 heavy (non-hydrogen) atoms. The van der Waals surface area contributed by atoms with Crippen LogP contribution in [0.5, 0.6) is 0 Å². The molecule has 0 amide bonds. The van der Waals surface area contributed by atoms with Gasteiger partial charge in [-0.25, -0.2) is 4.79 Å². The molecular formula is C15H15NO2. The Bertz CT molecular complexity index is 535. The van der Waals surface area contributed by atoms with E-state index in [1.165, 1.54) is 0 Å². The van der Waals surface area contributed by atoms with Gasteiger partial charge in [-0.2, -0.15) is 0 Å². The van der Waals surface area contributed by atoms with E-state index in [0.29, 0.717) is 5.56 Å². The Morgan fingerprint density at radius 2 is 1.83 bits per heavy atom. The molecule has 3 heteroatoms. The molecule has 0 spiro atoms. The van der Waals surface area contributed by atoms with E-state index in [1.807, 2.05) is 50.2 Å². The molecule has 2 rings (SSSR count). The summed E-state index contributed by atoms with van der Waals surface area (Å²) in [5.74, 6) is -0.314. The van der Waals surface area contributed by atoms with Crippen LogP contribution in [0.3, 0.4) is 0 Å². The third-order valence-electron chi connectivity index (χ3n) is 2.43. The predicted octanol–water partition coefficient (Wildman–Crippen LogP) is 3.31. The highest BCUT2D eigenvalue weighted by molar-refractivity contribution is 5.96. The van der Waals surface area contributed by atoms with Crippen molar-refractivity contribution >= 4 is 5.97 Å². The lowest BCUT2D eigenvalue weighted by atomic mass is 10.0. The zero-order valence-corrected chi connectivity index (χ0v) is 10.5. The average molecular weight is 241 g/mol. The van der Waals surface area contributed by atoms with Crippen molar-refractivity contribution in [2.45, 2.75) is 20.0 Å². The molecule has 1 aromatic heterocycles. The van der Waals surface area contributed by atoms with E-state index in [-0.39, 0.29) is 12.1 Å². The number of rotatable bonds is 3. The lowest BCUT2D eigenvalue weighted by Gasteiger charge is -2.11. The quantitative estimate of drug-likeness (QED) is 0.774. The van der Waals surface area contributed by atoms with Gasteiger partial charge in [0.05, 0.1) is 17.4 Å². The number of ether oxygens (including phenoxy) is 1. The van der Waals surface area contributed by atoms with Gasteiger partial charge in [0.15, 0.2) is 0 Å². The SMILES string of the molecule is CC(C)OC(=O)c1ccccc1-c1ccccn1. The van der Waals surface area contributed by atoms with E-state index in [4.69, 9.17) is 4.74 Å². The minimum absolute atomic E-state index is 0.130. The molecule has 0 aliphatic carbocycles. The molecule has 0 radical (unpaired) electrons. The van der Waals surface area contributed by atoms with Crippen molar-refractivity contribution in [2.75, 3.05) is 0 Å². The van der Waals surface area contributed by atoms with Crippen molar-refractivity contribution in [3.05, 3.63) is 54.2 Å². The van der Waals surface area contributed by atoms with Gasteiger partial charge in [0.2, 0.25) is 0 Å². The maximum Gasteiger partial charge on any atom is 0.339 e. The molecular weight excluding hydrogens is 226 g/mol. The van der Waals surface area contributed by atoms with Crippen molar-refractivity contribution in [3.63, 3.8) is 0 Å². The Morgan fingerprint density at radius 1 is 1.11 bits per heavy atom. The molecule has 0 atom stereocenters. The summed E-state index contributed by atoms with van der Waals surface area (Å²) >= 11 is 0. The Labute approximate surface area is 106 Å². The molecule has 1 aromatic carbocycles. The van der Waals surface area contributed by atoms with Crippen LogP contribution in [0.2, 0.25) is 0 Å². The molecule has 0 unspecified atom stereocenters. The van der Waals surface area contributed by atoms with Crippen LogP contribution < -0.4 is 0 Å². The van der Waals surface area contributed by atoms with Crippen molar-refractivity contribution in [1.29, 1.82) is 0 Å². The third kappa shape index (κ3) is 2.74. The van der Waals surface area contributed by atoms with E-state index in [0.717, 1.165) is 11.3 Å². The van der Waals surface area contributed by atoms with Crippen molar-refractivity contribution in [2.24, 2.45) is 0 Å². The summed E-state index contributed by atoms with van der Waals surface area (Å²) in [4.78, 5) is 16.3. The Balaban J connectivity index is 2.41. The van der Waals surface area contributed by atoms with Crippen molar-refractivity contribution in [3.8, 4) is 11.3 Å². The third-order valence-corrected chi connectivity index (χ3v) is 2.43. The molecule has 0 saturated heterocycles. The van der Waals surface area contributed by atoms with E-state index >= 15 is 0 Å². The van der Waals surface area contributed by atoms with Crippen LogP contribution in [0.25, 0.3) is 11.3 Å². The van der Waals surface area contributed by atoms with Crippen LogP contribution in [-0.2, 0) is 4.74 Å². The first-order valence-corrected chi connectivity index (χ1v) is 5.90. The fraction of sp³-hybridized carbons (Fsp3) is 0.200. The van der Waals surface area contributed by atoms with Crippen LogP contribution in [0.4, 0.5) is 0 Å². The number of aromatic nitrogens is 1. The second kappa shape index (κ2) is 5.45. The molecule has 0 bridgehead atoms. The topological polar surface area (TPSA) is 39.2 Å². The number of pyridine rings is 1. The molecule has 92 valence electrons. The number of nitrogens with zero attached hydrogens (tertiary/aromatic N) is 1. The van der Waals surface area contributed by atoms with Crippen LogP contribution in [0.1, 0.15) is 24.2 Å². The molecule has 1 heterocycles. The summed E-state index contributed by atoms with van der Waals surface area (Å²) in [6, 6.07) is 13.0. The molecule has 0 fully saturated rings. The summed E-state index contributed by atoms with van der Waals surface area (Å²) in [5.41, 5.74) is 2.11. The standard InChI is InChI=1S/C15H15NO2/c1-11(2)18-15(17)13-8-4-3-7-12(13)14-9-5-6-10-16-14/h3-11H,1-2H3. The molecule has 0 N–H and O–H groups in total. The first kappa shape index (κ1) is 12.3. The van der Waals surface area contributed by atoms with Gasteiger partial charge in [-0.1, -0.05) is 24.3 Å². The van der Waals surface area contributed by atoms with Gasteiger partial charge >= 0.3 is 5.97 Å². The first-order chi connectivity index (χ1) is 8.68. The fourth-order valence-electron chi connectivity index (χ4n) is 1.68. The van der Waals surface area contributed by atoms with Crippen LogP contribution >= 0.6 is 0 Å². The van der Waals surface area contributed by atoms with E-state index < -0.39 is 0 Å². The minimum atomic E-state index is -0.314. The Morgan fingerprint density at radius 3 is 2.50 bits per heavy atom. The second-order valence-corrected chi connectivity index (χ2v) is 4.21. The molecule has 0 saturated carbocycles. The molecule has 3 nitrogen and oxygen atoms in total. The van der Waals surface area contributed by atoms with E-state index in [2.05, 4.69) is 4.98 Å². The number of hydrogen-bond acceptors (Lipinski definition) is 3. The van der Waals surface area contributed by atoms with Gasteiger partial charge in [-0.3, -0.25) is 4.98 Å². The van der Waals surface area contributed by atoms with Gasteiger partial charge in [0, 0.05) is 11.8 Å². The van der Waals surface area contributed by atoms with Crippen molar-refractivity contribution in [1.82, 2.24) is 4.98 Å². The van der Waals surface area contributed by atoms with Gasteiger partial charge in [0.25, 0.3) is 0 Å². The minimum Gasteiger partial charge on any atom is -0.459 e. The highest BCUT2D eigenvalue weighted by atomic mass is 16.5. The van der Waals surface area contributed by atoms with Crippen LogP contribution in [0.15, 0.2) is 48.7 Å². The lowest BCUT2D eigenvalue weighted by Crippen LogP contribution is -2.12. The second-order valence-electron chi connectivity index (χ2n) is 4.21. The zero-order valence-electron chi connectivity index (χ0n) is 10.5. The van der Waals surface area contributed by atoms with Crippen LogP contribution in [-0.4, -0.2) is 17.1 Å². The van der Waals surface area contributed by atoms with Gasteiger partial charge in [-0.15, -0.1) is 0 Å². The average Bonchev–Trinajstić information content (AvgIpc) is 2.39.